The van der Waals surface area contributed by atoms with E-state index in [1.54, 1.807) is 22.6 Å². The fraction of sp³-hybridized carbons (Fsp3) is 0.360. The maximum Gasteiger partial charge on any atom is 0.280 e. The number of hydrogen-bond acceptors (Lipinski definition) is 7. The second kappa shape index (κ2) is 9.28. The molecule has 1 aliphatic heterocycles. The predicted octanol–water partition coefficient (Wildman–Crippen LogP) is 3.94. The first kappa shape index (κ1) is 22.7. The fourth-order valence-corrected chi connectivity index (χ4v) is 4.93. The summed E-state index contributed by atoms with van der Waals surface area (Å²) < 4.78 is 1.80. The Morgan fingerprint density at radius 3 is 2.63 bits per heavy atom. The molecule has 35 heavy (non-hydrogen) atoms. The van der Waals surface area contributed by atoms with Crippen molar-refractivity contribution in [1.29, 1.82) is 0 Å². The Morgan fingerprint density at radius 2 is 1.86 bits per heavy atom. The van der Waals surface area contributed by atoms with Gasteiger partial charge in [0.05, 0.1) is 21.9 Å². The Kier molecular flexibility index (Phi) is 6.02. The van der Waals surface area contributed by atoms with Crippen molar-refractivity contribution in [3.05, 3.63) is 58.6 Å². The van der Waals surface area contributed by atoms with E-state index in [1.165, 1.54) is 6.07 Å². The third kappa shape index (κ3) is 3.94. The van der Waals surface area contributed by atoms with Crippen molar-refractivity contribution in [1.82, 2.24) is 24.5 Å². The number of carbonyl (C=O) groups is 1. The summed E-state index contributed by atoms with van der Waals surface area (Å²) >= 11 is 0. The monoisotopic (exact) mass is 473 g/mol. The highest BCUT2D eigenvalue weighted by Crippen LogP contribution is 2.34. The molecule has 0 bridgehead atoms. The average Bonchev–Trinajstić information content (AvgIpc) is 3.34. The maximum atomic E-state index is 13.1. The lowest BCUT2D eigenvalue weighted by atomic mass is 9.96. The molecule has 5 rings (SSSR count). The summed E-state index contributed by atoms with van der Waals surface area (Å²) in [5.41, 5.74) is 1.66. The highest BCUT2D eigenvalue weighted by atomic mass is 16.6. The van der Waals surface area contributed by atoms with Gasteiger partial charge in [0.25, 0.3) is 5.69 Å². The number of fused-ring (bicyclic) bond motifs is 3. The molecule has 4 aromatic rings. The van der Waals surface area contributed by atoms with Gasteiger partial charge < -0.3 is 9.80 Å². The van der Waals surface area contributed by atoms with Crippen LogP contribution in [0, 0.1) is 16.0 Å². The molecule has 1 amide bonds. The molecule has 0 saturated carbocycles. The van der Waals surface area contributed by atoms with Gasteiger partial charge in [-0.1, -0.05) is 24.3 Å². The number of rotatable bonds is 6. The number of piperidine rings is 1. The number of anilines is 1. The number of amides is 1. The Balaban J connectivity index is 1.68. The van der Waals surface area contributed by atoms with E-state index in [4.69, 9.17) is 4.98 Å². The molecular formula is C25H27N7O3. The summed E-state index contributed by atoms with van der Waals surface area (Å²) in [5, 5.41) is 21.4. The zero-order valence-corrected chi connectivity index (χ0v) is 19.8. The molecule has 1 saturated heterocycles. The summed E-state index contributed by atoms with van der Waals surface area (Å²) in [4.78, 5) is 33.4. The normalized spacial score (nSPS) is 16.1. The Morgan fingerprint density at radius 1 is 1.11 bits per heavy atom. The SMILES string of the molecule is CCN(CC)C(=O)C1CCCN(c2nc3ccccc3c3nnc(-c4ccccc4[N+](=O)[O-])n23)C1. The van der Waals surface area contributed by atoms with Gasteiger partial charge in [0, 0.05) is 37.6 Å². The molecule has 0 radical (unpaired) electrons. The predicted molar refractivity (Wildman–Crippen MR) is 133 cm³/mol. The minimum atomic E-state index is -0.412. The standard InChI is InChI=1S/C25H27N7O3/c1-3-29(4-2)24(33)17-10-9-15-30(16-17)25-26-20-13-7-5-11-18(20)22-27-28-23(31(22)25)19-12-6-8-14-21(19)32(34)35/h5-8,11-14,17H,3-4,9-10,15-16H2,1-2H3. The topological polar surface area (TPSA) is 110 Å². The van der Waals surface area contributed by atoms with Crippen LogP contribution in [0.4, 0.5) is 11.6 Å². The van der Waals surface area contributed by atoms with Crippen LogP contribution in [0.5, 0.6) is 0 Å². The zero-order chi connectivity index (χ0) is 24.5. The smallest absolute Gasteiger partial charge is 0.280 e. The summed E-state index contributed by atoms with van der Waals surface area (Å²) in [6, 6.07) is 14.2. The van der Waals surface area contributed by atoms with Gasteiger partial charge in [0.1, 0.15) is 0 Å². The van der Waals surface area contributed by atoms with E-state index in [2.05, 4.69) is 15.1 Å². The Labute approximate surface area is 202 Å². The second-order valence-electron chi connectivity index (χ2n) is 8.68. The largest absolute Gasteiger partial charge is 0.343 e. The van der Waals surface area contributed by atoms with Crippen LogP contribution in [0.2, 0.25) is 0 Å². The first-order chi connectivity index (χ1) is 17.0. The van der Waals surface area contributed by atoms with Crippen molar-refractivity contribution >= 4 is 34.1 Å². The van der Waals surface area contributed by atoms with E-state index >= 15 is 0 Å². The Hall–Kier alpha value is -4.08. The van der Waals surface area contributed by atoms with E-state index in [1.807, 2.05) is 43.0 Å². The molecule has 1 aliphatic rings. The van der Waals surface area contributed by atoms with Gasteiger partial charge in [-0.05, 0) is 44.9 Å². The molecular weight excluding hydrogens is 446 g/mol. The first-order valence-corrected chi connectivity index (χ1v) is 11.9. The van der Waals surface area contributed by atoms with Crippen LogP contribution < -0.4 is 4.90 Å². The van der Waals surface area contributed by atoms with Crippen LogP contribution in [0.3, 0.4) is 0 Å². The number of nitrogens with zero attached hydrogens (tertiary/aromatic N) is 7. The van der Waals surface area contributed by atoms with Crippen molar-refractivity contribution in [2.45, 2.75) is 26.7 Å². The lowest BCUT2D eigenvalue weighted by molar-refractivity contribution is -0.384. The maximum absolute atomic E-state index is 13.1. The molecule has 1 fully saturated rings. The highest BCUT2D eigenvalue weighted by Gasteiger charge is 2.31. The molecule has 3 heterocycles. The average molecular weight is 474 g/mol. The van der Waals surface area contributed by atoms with Crippen molar-refractivity contribution < 1.29 is 9.72 Å². The summed E-state index contributed by atoms with van der Waals surface area (Å²) in [5.74, 6) is 0.962. The fourth-order valence-electron chi connectivity index (χ4n) is 4.93. The van der Waals surface area contributed by atoms with Crippen molar-refractivity contribution in [3.63, 3.8) is 0 Å². The van der Waals surface area contributed by atoms with Crippen LogP contribution in [0.1, 0.15) is 26.7 Å². The van der Waals surface area contributed by atoms with Gasteiger partial charge in [-0.25, -0.2) is 9.38 Å². The van der Waals surface area contributed by atoms with E-state index in [0.29, 0.717) is 42.6 Å². The molecule has 10 heteroatoms. The number of para-hydroxylation sites is 2. The van der Waals surface area contributed by atoms with Crippen LogP contribution in [-0.4, -0.2) is 61.5 Å². The first-order valence-electron chi connectivity index (χ1n) is 11.9. The van der Waals surface area contributed by atoms with E-state index < -0.39 is 4.92 Å². The van der Waals surface area contributed by atoms with Gasteiger partial charge >= 0.3 is 0 Å². The van der Waals surface area contributed by atoms with Crippen molar-refractivity contribution in [2.24, 2.45) is 5.92 Å². The van der Waals surface area contributed by atoms with Gasteiger partial charge in [-0.2, -0.15) is 0 Å². The van der Waals surface area contributed by atoms with Crippen LogP contribution in [-0.2, 0) is 4.79 Å². The van der Waals surface area contributed by atoms with Crippen LogP contribution >= 0.6 is 0 Å². The van der Waals surface area contributed by atoms with Gasteiger partial charge in [0.2, 0.25) is 11.9 Å². The zero-order valence-electron chi connectivity index (χ0n) is 19.8. The van der Waals surface area contributed by atoms with Gasteiger partial charge in [-0.15, -0.1) is 10.2 Å². The molecule has 1 atom stereocenters. The molecule has 180 valence electrons. The molecule has 2 aromatic carbocycles. The van der Waals surface area contributed by atoms with E-state index in [9.17, 15) is 14.9 Å². The number of hydrogen-bond donors (Lipinski definition) is 0. The number of carbonyl (C=O) groups excluding carboxylic acids is 1. The lowest BCUT2D eigenvalue weighted by Gasteiger charge is -2.35. The number of benzene rings is 2. The molecule has 0 N–H and O–H groups in total. The molecule has 0 spiro atoms. The van der Waals surface area contributed by atoms with E-state index in [-0.39, 0.29) is 17.5 Å². The molecule has 10 nitrogen and oxygen atoms in total. The summed E-state index contributed by atoms with van der Waals surface area (Å²) in [7, 11) is 0. The van der Waals surface area contributed by atoms with E-state index in [0.717, 1.165) is 30.3 Å². The van der Waals surface area contributed by atoms with Crippen molar-refractivity contribution in [3.8, 4) is 11.4 Å². The molecule has 2 aromatic heterocycles. The number of aromatic nitrogens is 4. The minimum absolute atomic E-state index is 0.0471. The molecule has 1 unspecified atom stereocenters. The number of nitro groups is 1. The van der Waals surface area contributed by atoms with Crippen molar-refractivity contribution in [2.75, 3.05) is 31.1 Å². The summed E-state index contributed by atoms with van der Waals surface area (Å²) in [6.45, 7) is 6.58. The van der Waals surface area contributed by atoms with Gasteiger partial charge in [-0.3, -0.25) is 14.9 Å². The van der Waals surface area contributed by atoms with Crippen LogP contribution in [0.25, 0.3) is 27.9 Å². The third-order valence-corrected chi connectivity index (χ3v) is 6.70. The molecule has 0 aliphatic carbocycles. The number of nitro benzene ring substituents is 1. The summed E-state index contributed by atoms with van der Waals surface area (Å²) in [6.07, 6.45) is 1.67. The second-order valence-corrected chi connectivity index (χ2v) is 8.68. The van der Waals surface area contributed by atoms with Gasteiger partial charge in [0.15, 0.2) is 11.5 Å². The van der Waals surface area contributed by atoms with Crippen LogP contribution in [0.15, 0.2) is 48.5 Å². The highest BCUT2D eigenvalue weighted by molar-refractivity contribution is 5.93. The third-order valence-electron chi connectivity index (χ3n) is 6.70. The minimum Gasteiger partial charge on any atom is -0.343 e. The quantitative estimate of drug-likeness (QED) is 0.308. The Bertz CT molecular complexity index is 1410. The lowest BCUT2D eigenvalue weighted by Crippen LogP contribution is -2.45.